The predicted molar refractivity (Wildman–Crippen MR) is 124 cm³/mol. The molecule has 2 bridgehead atoms. The van der Waals surface area contributed by atoms with Crippen LogP contribution in [0.5, 0.6) is 10.9 Å². The van der Waals surface area contributed by atoms with Crippen LogP contribution >= 0.6 is 11.3 Å². The molecule has 2 aliphatic rings. The Balaban J connectivity index is 1.29. The van der Waals surface area contributed by atoms with Crippen molar-refractivity contribution in [3.63, 3.8) is 0 Å². The molecule has 3 atom stereocenters. The molecular formula is C23H26FN3O3S2. The number of aryl methyl sites for hydroxylation is 1. The van der Waals surface area contributed by atoms with Crippen molar-refractivity contribution >= 4 is 31.6 Å². The summed E-state index contributed by atoms with van der Waals surface area (Å²) in [6, 6.07) is 12.6. The number of nitrogens with two attached hydrogens (primary N) is 1. The Hall–Kier alpha value is -2.07. The monoisotopic (exact) mass is 475 g/mol. The number of hydrogen-bond acceptors (Lipinski definition) is 6. The van der Waals surface area contributed by atoms with Crippen LogP contribution in [-0.2, 0) is 16.4 Å². The lowest BCUT2D eigenvalue weighted by atomic mass is 9.83. The molecule has 3 heterocycles. The number of ether oxygens (including phenoxy) is 1. The lowest BCUT2D eigenvalue weighted by Crippen LogP contribution is -2.57. The minimum atomic E-state index is -3.28. The number of thiazole rings is 1. The van der Waals surface area contributed by atoms with E-state index in [0.29, 0.717) is 22.9 Å². The number of halogens is 1. The van der Waals surface area contributed by atoms with Crippen LogP contribution in [0.3, 0.4) is 0 Å². The Morgan fingerprint density at radius 2 is 2.06 bits per heavy atom. The van der Waals surface area contributed by atoms with Gasteiger partial charge in [0.1, 0.15) is 17.1 Å². The Bertz CT molecular complexity index is 1250. The molecule has 1 aromatic heterocycles. The molecule has 3 unspecified atom stereocenters. The summed E-state index contributed by atoms with van der Waals surface area (Å²) < 4.78 is 47.2. The van der Waals surface area contributed by atoms with Crippen molar-refractivity contribution in [2.45, 2.75) is 56.1 Å². The highest BCUT2D eigenvalue weighted by atomic mass is 32.2. The minimum absolute atomic E-state index is 0.0307. The highest BCUT2D eigenvalue weighted by molar-refractivity contribution is 7.88. The first-order chi connectivity index (χ1) is 15.2. The molecule has 0 saturated carbocycles. The highest BCUT2D eigenvalue weighted by Crippen LogP contribution is 2.47. The van der Waals surface area contributed by atoms with Gasteiger partial charge in [-0.3, -0.25) is 0 Å². The van der Waals surface area contributed by atoms with Crippen molar-refractivity contribution in [2.24, 2.45) is 5.73 Å². The zero-order valence-electron chi connectivity index (χ0n) is 17.8. The van der Waals surface area contributed by atoms with Crippen molar-refractivity contribution < 1.29 is 17.5 Å². The van der Waals surface area contributed by atoms with Gasteiger partial charge in [-0.15, -0.1) is 0 Å². The summed E-state index contributed by atoms with van der Waals surface area (Å²) in [5.74, 6) is 0.271. The Labute approximate surface area is 191 Å². The maximum absolute atomic E-state index is 13.9. The van der Waals surface area contributed by atoms with Gasteiger partial charge in [-0.2, -0.15) is 9.29 Å². The molecule has 2 fully saturated rings. The van der Waals surface area contributed by atoms with E-state index in [9.17, 15) is 12.8 Å². The molecule has 5 rings (SSSR count). The fraction of sp³-hybridized carbons (Fsp3) is 0.435. The first kappa shape index (κ1) is 21.8. The molecule has 0 aliphatic carbocycles. The quantitative estimate of drug-likeness (QED) is 0.570. The first-order valence-electron chi connectivity index (χ1n) is 10.8. The summed E-state index contributed by atoms with van der Waals surface area (Å²) in [6.45, 7) is 0. The van der Waals surface area contributed by atoms with Gasteiger partial charge in [-0.1, -0.05) is 29.5 Å². The number of aromatic nitrogens is 1. The van der Waals surface area contributed by atoms with Crippen LogP contribution in [-0.4, -0.2) is 41.6 Å². The molecule has 3 aromatic rings. The maximum atomic E-state index is 13.9. The van der Waals surface area contributed by atoms with Gasteiger partial charge in [-0.25, -0.2) is 12.8 Å². The largest absolute Gasteiger partial charge is 0.431 e. The number of fused-ring (bicyclic) bond motifs is 3. The van der Waals surface area contributed by atoms with Crippen LogP contribution in [0.25, 0.3) is 10.2 Å². The summed E-state index contributed by atoms with van der Waals surface area (Å²) in [7, 11) is -3.28. The van der Waals surface area contributed by atoms with Crippen molar-refractivity contribution in [3.8, 4) is 10.9 Å². The van der Waals surface area contributed by atoms with Gasteiger partial charge in [-0.05, 0) is 68.4 Å². The summed E-state index contributed by atoms with van der Waals surface area (Å²) in [6.07, 6.45) is 6.04. The average molecular weight is 476 g/mol. The molecule has 2 aliphatic heterocycles. The van der Waals surface area contributed by atoms with Crippen LogP contribution in [0, 0.1) is 5.82 Å². The molecule has 0 spiro atoms. The molecule has 0 amide bonds. The van der Waals surface area contributed by atoms with E-state index in [2.05, 4.69) is 4.98 Å². The third-order valence-electron chi connectivity index (χ3n) is 6.67. The third kappa shape index (κ3) is 4.03. The number of nitrogens with zero attached hydrogens (tertiary/aromatic N) is 2. The van der Waals surface area contributed by atoms with Gasteiger partial charge < -0.3 is 10.5 Å². The van der Waals surface area contributed by atoms with Crippen molar-refractivity contribution in [3.05, 3.63) is 53.8 Å². The van der Waals surface area contributed by atoms with Gasteiger partial charge in [0, 0.05) is 17.6 Å². The molecule has 2 aromatic carbocycles. The highest BCUT2D eigenvalue weighted by Gasteiger charge is 2.54. The second kappa shape index (κ2) is 8.06. The number of rotatable bonds is 6. The normalized spacial score (nSPS) is 26.0. The second-order valence-electron chi connectivity index (χ2n) is 8.99. The molecule has 0 radical (unpaired) electrons. The average Bonchev–Trinajstić information content (AvgIpc) is 3.25. The third-order valence-corrected chi connectivity index (χ3v) is 8.97. The van der Waals surface area contributed by atoms with E-state index < -0.39 is 10.0 Å². The smallest absolute Gasteiger partial charge is 0.279 e. The van der Waals surface area contributed by atoms with E-state index in [1.54, 1.807) is 10.4 Å². The summed E-state index contributed by atoms with van der Waals surface area (Å²) >= 11 is 1.30. The lowest BCUT2D eigenvalue weighted by Gasteiger charge is -2.45. The number of para-hydroxylation sites is 1. The van der Waals surface area contributed by atoms with Crippen LogP contribution in [0.15, 0.2) is 42.5 Å². The number of sulfonamides is 1. The van der Waals surface area contributed by atoms with E-state index in [1.807, 2.05) is 30.3 Å². The lowest BCUT2D eigenvalue weighted by molar-refractivity contribution is 0.121. The molecule has 6 nitrogen and oxygen atoms in total. The Kier molecular flexibility index (Phi) is 5.48. The van der Waals surface area contributed by atoms with Crippen LogP contribution < -0.4 is 10.5 Å². The second-order valence-corrected chi connectivity index (χ2v) is 11.8. The van der Waals surface area contributed by atoms with Gasteiger partial charge in [0.25, 0.3) is 5.19 Å². The van der Waals surface area contributed by atoms with Gasteiger partial charge in [0.05, 0.1) is 11.0 Å². The minimum Gasteiger partial charge on any atom is -0.431 e. The van der Waals surface area contributed by atoms with E-state index in [1.165, 1.54) is 23.7 Å². The zero-order valence-corrected chi connectivity index (χ0v) is 19.5. The van der Waals surface area contributed by atoms with Crippen molar-refractivity contribution in [2.75, 3.05) is 6.26 Å². The first-order valence-corrected chi connectivity index (χ1v) is 13.5. The standard InChI is InChI=1S/C23H26FN3O3S2/c1-32(28,29)27-17-10-12-23(27,14-16(25)13-17)11-9-15-5-7-18(8-6-15)30-22-26-21-19(24)3-2-4-20(21)31-22/h2-8,16-17H,9-14,25H2,1H3. The Morgan fingerprint density at radius 3 is 2.78 bits per heavy atom. The molecule has 32 heavy (non-hydrogen) atoms. The SMILES string of the molecule is CS(=O)(=O)N1C2CCC1(CCc1ccc(Oc3nc4c(F)cccc4s3)cc1)CC(N)C2. The maximum Gasteiger partial charge on any atom is 0.279 e. The Morgan fingerprint density at radius 1 is 1.28 bits per heavy atom. The molecule has 2 N–H and O–H groups in total. The zero-order chi connectivity index (χ0) is 22.5. The van der Waals surface area contributed by atoms with Crippen LogP contribution in [0.1, 0.15) is 37.7 Å². The molecule has 2 saturated heterocycles. The predicted octanol–water partition coefficient (Wildman–Crippen LogP) is 4.44. The summed E-state index contributed by atoms with van der Waals surface area (Å²) in [5, 5.41) is 0.397. The number of benzene rings is 2. The number of piperidine rings is 1. The summed E-state index contributed by atoms with van der Waals surface area (Å²) in [4.78, 5) is 4.24. The van der Waals surface area contributed by atoms with Gasteiger partial charge in [0.15, 0.2) is 0 Å². The van der Waals surface area contributed by atoms with E-state index in [0.717, 1.165) is 42.4 Å². The van der Waals surface area contributed by atoms with Crippen molar-refractivity contribution in [1.82, 2.24) is 9.29 Å². The molecule has 170 valence electrons. The van der Waals surface area contributed by atoms with Gasteiger partial charge in [0.2, 0.25) is 10.0 Å². The fourth-order valence-corrected chi connectivity index (χ4v) is 8.02. The van der Waals surface area contributed by atoms with Crippen LogP contribution in [0.2, 0.25) is 0 Å². The van der Waals surface area contributed by atoms with Crippen molar-refractivity contribution in [1.29, 1.82) is 0 Å². The molecular weight excluding hydrogens is 449 g/mol. The topological polar surface area (TPSA) is 85.5 Å². The van der Waals surface area contributed by atoms with Crippen LogP contribution in [0.4, 0.5) is 4.39 Å². The fourth-order valence-electron chi connectivity index (χ4n) is 5.48. The van der Waals surface area contributed by atoms with E-state index in [4.69, 9.17) is 10.5 Å². The van der Waals surface area contributed by atoms with Gasteiger partial charge >= 0.3 is 0 Å². The molecule has 9 heteroatoms. The van der Waals surface area contributed by atoms with E-state index in [-0.39, 0.29) is 23.4 Å². The van der Waals surface area contributed by atoms with E-state index >= 15 is 0 Å². The number of hydrogen-bond donors (Lipinski definition) is 1. The summed E-state index contributed by atoms with van der Waals surface area (Å²) in [5.41, 5.74) is 7.33.